The molecule has 0 aliphatic heterocycles. The van der Waals surface area contributed by atoms with E-state index in [1.54, 1.807) is 0 Å². The van der Waals surface area contributed by atoms with Gasteiger partial charge in [-0.25, -0.2) is 0 Å². The highest BCUT2D eigenvalue weighted by atomic mass is 79.9. The fraction of sp³-hybridized carbons (Fsp3) is 1.00. The van der Waals surface area contributed by atoms with Gasteiger partial charge < -0.3 is 0 Å². The maximum Gasteiger partial charge on any atom is 0.0386 e. The van der Waals surface area contributed by atoms with Crippen molar-refractivity contribution >= 4 is 15.9 Å². The van der Waals surface area contributed by atoms with Crippen LogP contribution in [-0.4, -0.2) is 5.31 Å². The van der Waals surface area contributed by atoms with E-state index in [0.29, 0.717) is 0 Å². The van der Waals surface area contributed by atoms with Gasteiger partial charge in [0.05, 0.1) is 0 Å². The predicted molar refractivity (Wildman–Crippen MR) is 24.1 cm³/mol. The lowest BCUT2D eigenvalue weighted by molar-refractivity contribution is 1.12. The molecule has 0 heterocycles. The molecule has 1 atom stereocenters. The van der Waals surface area contributed by atoms with Crippen LogP contribution < -0.4 is 0 Å². The Bertz CT molecular complexity index is 20.9. The van der Waals surface area contributed by atoms with Crippen molar-refractivity contribution in [2.75, 3.05) is 5.31 Å². The number of halogens is 1. The second-order valence-electron chi connectivity index (χ2n) is 0.563. The summed E-state index contributed by atoms with van der Waals surface area (Å²) in [7, 11) is 0. The van der Waals surface area contributed by atoms with Crippen LogP contribution in [0.5, 0.6) is 0 Å². The molecule has 0 aromatic carbocycles. The molecule has 4 heavy (non-hydrogen) atoms. The SMILES string of the molecule is [2H]C(Br)CC. The topological polar surface area (TPSA) is 0 Å². The van der Waals surface area contributed by atoms with E-state index in [9.17, 15) is 0 Å². The third-order valence-corrected chi connectivity index (χ3v) is 0.802. The fourth-order valence-corrected chi connectivity index (χ4v) is 0. The quantitative estimate of drug-likeness (QED) is 0.467. The Morgan fingerprint density at radius 2 is 2.50 bits per heavy atom. The fourth-order valence-electron chi connectivity index (χ4n) is 0. The van der Waals surface area contributed by atoms with Gasteiger partial charge in [-0.05, 0) is 6.42 Å². The average Bonchev–Trinajstić information content (AvgIpc) is 1.38. The second-order valence-corrected chi connectivity index (χ2v) is 1.21. The van der Waals surface area contributed by atoms with Crippen molar-refractivity contribution in [3.8, 4) is 0 Å². The van der Waals surface area contributed by atoms with Crippen LogP contribution in [0.15, 0.2) is 0 Å². The van der Waals surface area contributed by atoms with E-state index < -0.39 is 0 Å². The minimum atomic E-state index is -0.0532. The summed E-state index contributed by atoms with van der Waals surface area (Å²) in [5.74, 6) is 0. The van der Waals surface area contributed by atoms with Gasteiger partial charge in [-0.2, -0.15) is 0 Å². The zero-order valence-corrected chi connectivity index (χ0v) is 4.25. The number of alkyl halides is 1. The van der Waals surface area contributed by atoms with Gasteiger partial charge in [0, 0.05) is 6.68 Å². The molecule has 1 heteroatoms. The molecule has 0 rings (SSSR count). The molecule has 0 radical (unpaired) electrons. The molecule has 0 bridgehead atoms. The predicted octanol–water partition coefficient (Wildman–Crippen LogP) is 1.79. The maximum absolute atomic E-state index is 6.74. The number of hydrogen-bond donors (Lipinski definition) is 0. The van der Waals surface area contributed by atoms with Gasteiger partial charge in [-0.15, -0.1) is 0 Å². The monoisotopic (exact) mass is 123 g/mol. The first-order chi connectivity index (χ1) is 2.27. The third kappa shape index (κ3) is 2.48. The van der Waals surface area contributed by atoms with Gasteiger partial charge in [0.2, 0.25) is 0 Å². The molecule has 0 aromatic heterocycles. The van der Waals surface area contributed by atoms with Crippen LogP contribution in [-0.2, 0) is 0 Å². The van der Waals surface area contributed by atoms with E-state index in [4.69, 9.17) is 1.37 Å². The van der Waals surface area contributed by atoms with E-state index in [1.165, 1.54) is 0 Å². The Balaban J connectivity index is 2.54. The van der Waals surface area contributed by atoms with E-state index in [0.717, 1.165) is 6.42 Å². The zero-order valence-electron chi connectivity index (χ0n) is 3.66. The highest BCUT2D eigenvalue weighted by Crippen LogP contribution is 1.80. The van der Waals surface area contributed by atoms with Crippen molar-refractivity contribution in [1.29, 1.82) is 0 Å². The zero-order chi connectivity index (χ0) is 4.28. The van der Waals surface area contributed by atoms with E-state index in [1.807, 2.05) is 6.92 Å². The van der Waals surface area contributed by atoms with Crippen LogP contribution in [0.2, 0.25) is 0 Å². The van der Waals surface area contributed by atoms with Crippen LogP contribution in [0.4, 0.5) is 0 Å². The third-order valence-electron chi connectivity index (χ3n) is 0.154. The standard InChI is InChI=1S/C3H7Br/c1-2-3-4/h2-3H2,1H3/i3D. The molecule has 0 aromatic rings. The lowest BCUT2D eigenvalue weighted by Crippen LogP contribution is -1.54. The largest absolute Gasteiger partial charge is 0.0928 e. The van der Waals surface area contributed by atoms with Gasteiger partial charge in [-0.3, -0.25) is 0 Å². The summed E-state index contributed by atoms with van der Waals surface area (Å²) in [6.45, 7) is 1.96. The van der Waals surface area contributed by atoms with Crippen molar-refractivity contribution in [1.82, 2.24) is 0 Å². The van der Waals surface area contributed by atoms with Crippen molar-refractivity contribution < 1.29 is 1.37 Å². The van der Waals surface area contributed by atoms with Crippen LogP contribution in [0.1, 0.15) is 14.7 Å². The number of hydrogen-bond acceptors (Lipinski definition) is 0. The summed E-state index contributed by atoms with van der Waals surface area (Å²) in [6.07, 6.45) is 0.889. The van der Waals surface area contributed by atoms with Gasteiger partial charge in [0.25, 0.3) is 0 Å². The molecule has 0 N–H and O–H groups in total. The minimum Gasteiger partial charge on any atom is -0.0928 e. The normalized spacial score (nSPS) is 19.0. The Morgan fingerprint density at radius 3 is 2.50 bits per heavy atom. The van der Waals surface area contributed by atoms with E-state index in [-0.39, 0.29) is 5.31 Å². The van der Waals surface area contributed by atoms with Gasteiger partial charge in [0.15, 0.2) is 0 Å². The first kappa shape index (κ1) is 2.70. The highest BCUT2D eigenvalue weighted by Gasteiger charge is 1.58. The highest BCUT2D eigenvalue weighted by molar-refractivity contribution is 9.09. The van der Waals surface area contributed by atoms with Gasteiger partial charge >= 0.3 is 0 Å². The van der Waals surface area contributed by atoms with Crippen molar-refractivity contribution in [2.24, 2.45) is 0 Å². The van der Waals surface area contributed by atoms with E-state index >= 15 is 0 Å². The molecule has 0 saturated heterocycles. The molecule has 1 unspecified atom stereocenters. The molecular weight excluding hydrogens is 116 g/mol. The number of rotatable bonds is 1. The summed E-state index contributed by atoms with van der Waals surface area (Å²) in [6, 6.07) is 0. The minimum absolute atomic E-state index is 0.0532. The Labute approximate surface area is 36.7 Å². The Morgan fingerprint density at radius 1 is 2.25 bits per heavy atom. The van der Waals surface area contributed by atoms with Crippen molar-refractivity contribution in [2.45, 2.75) is 13.3 Å². The van der Waals surface area contributed by atoms with Crippen LogP contribution in [0.3, 0.4) is 0 Å². The van der Waals surface area contributed by atoms with Crippen LogP contribution >= 0.6 is 15.9 Å². The van der Waals surface area contributed by atoms with Gasteiger partial charge in [0.1, 0.15) is 0 Å². The van der Waals surface area contributed by atoms with E-state index in [2.05, 4.69) is 15.9 Å². The molecule has 0 saturated carbocycles. The summed E-state index contributed by atoms with van der Waals surface area (Å²) in [5, 5.41) is -0.0532. The molecule has 0 nitrogen and oxygen atoms in total. The van der Waals surface area contributed by atoms with Crippen LogP contribution in [0, 0.1) is 0 Å². The summed E-state index contributed by atoms with van der Waals surface area (Å²) < 4.78 is 6.74. The Hall–Kier alpha value is 0.480. The maximum atomic E-state index is 6.74. The second kappa shape index (κ2) is 3.48. The average molecular weight is 124 g/mol. The molecule has 0 fully saturated rings. The van der Waals surface area contributed by atoms with Crippen molar-refractivity contribution in [3.05, 3.63) is 0 Å². The summed E-state index contributed by atoms with van der Waals surface area (Å²) in [4.78, 5) is 0. The van der Waals surface area contributed by atoms with Crippen molar-refractivity contribution in [3.63, 3.8) is 0 Å². The molecule has 0 amide bonds. The molecular formula is C3H7Br. The molecule has 0 aliphatic carbocycles. The first-order valence-electron chi connectivity index (χ1n) is 1.91. The summed E-state index contributed by atoms with van der Waals surface area (Å²) in [5.41, 5.74) is 0. The Kier molecular flexibility index (Phi) is 2.35. The van der Waals surface area contributed by atoms with Gasteiger partial charge in [-0.1, -0.05) is 22.9 Å². The molecule has 0 spiro atoms. The molecule has 0 aliphatic rings. The first-order valence-corrected chi connectivity index (χ1v) is 2.25. The smallest absolute Gasteiger partial charge is 0.0386 e. The lowest BCUT2D eigenvalue weighted by Gasteiger charge is -1.66. The molecule has 26 valence electrons. The lowest BCUT2D eigenvalue weighted by atomic mass is 10.6. The summed E-state index contributed by atoms with van der Waals surface area (Å²) >= 11 is 3.04. The van der Waals surface area contributed by atoms with Crippen LogP contribution in [0.25, 0.3) is 0 Å².